The Labute approximate surface area is 99.5 Å². The van der Waals surface area contributed by atoms with Crippen molar-refractivity contribution in [3.8, 4) is 5.75 Å². The molecule has 0 aliphatic heterocycles. The fourth-order valence-electron chi connectivity index (χ4n) is 1.19. The number of anilines is 1. The summed E-state index contributed by atoms with van der Waals surface area (Å²) >= 11 is 0. The second kappa shape index (κ2) is 5.39. The normalized spacial score (nSPS) is 10.7. The molecular weight excluding hydrogens is 255 g/mol. The summed E-state index contributed by atoms with van der Waals surface area (Å²) in [7, 11) is 1.06. The minimum Gasteiger partial charge on any atom is -0.465 e. The Morgan fingerprint density at radius 2 is 2.06 bits per heavy atom. The van der Waals surface area contributed by atoms with E-state index in [1.807, 2.05) is 0 Å². The van der Waals surface area contributed by atoms with Crippen LogP contribution in [0.2, 0.25) is 0 Å². The molecule has 1 aromatic rings. The molecule has 0 atom stereocenters. The highest BCUT2D eigenvalue weighted by atomic mass is 19.4. The zero-order valence-corrected chi connectivity index (χ0v) is 9.08. The van der Waals surface area contributed by atoms with Crippen molar-refractivity contribution in [1.82, 2.24) is 0 Å². The number of carbonyl (C=O) groups is 2. The molecule has 5 nitrogen and oxygen atoms in total. The molecule has 1 rings (SSSR count). The lowest BCUT2D eigenvalue weighted by Crippen LogP contribution is -2.17. The van der Waals surface area contributed by atoms with Gasteiger partial charge in [0.25, 0.3) is 0 Å². The van der Waals surface area contributed by atoms with Crippen molar-refractivity contribution in [1.29, 1.82) is 0 Å². The quantitative estimate of drug-likeness (QED) is 0.666. The number of hydrogen-bond acceptors (Lipinski definition) is 4. The third-order valence-corrected chi connectivity index (χ3v) is 1.84. The van der Waals surface area contributed by atoms with Crippen LogP contribution in [0.25, 0.3) is 0 Å². The smallest absolute Gasteiger partial charge is 0.465 e. The van der Waals surface area contributed by atoms with E-state index >= 15 is 0 Å². The lowest BCUT2D eigenvalue weighted by atomic mass is 10.1. The first-order valence-electron chi connectivity index (χ1n) is 4.55. The molecule has 0 saturated carbocycles. The van der Waals surface area contributed by atoms with Crippen LogP contribution in [0.4, 0.5) is 18.9 Å². The molecule has 0 radical (unpaired) electrons. The van der Waals surface area contributed by atoms with Crippen LogP contribution in [0.5, 0.6) is 5.75 Å². The van der Waals surface area contributed by atoms with Gasteiger partial charge in [0.15, 0.2) is 0 Å². The van der Waals surface area contributed by atoms with E-state index in [4.69, 9.17) is 0 Å². The lowest BCUT2D eigenvalue weighted by Gasteiger charge is -2.12. The van der Waals surface area contributed by atoms with E-state index in [0.717, 1.165) is 25.3 Å². The number of amides is 1. The molecule has 18 heavy (non-hydrogen) atoms. The predicted octanol–water partition coefficient (Wildman–Crippen LogP) is 1.94. The van der Waals surface area contributed by atoms with Crippen molar-refractivity contribution in [3.63, 3.8) is 0 Å². The summed E-state index contributed by atoms with van der Waals surface area (Å²) in [6.45, 7) is 0. The summed E-state index contributed by atoms with van der Waals surface area (Å²) in [5, 5.41) is 2.16. The van der Waals surface area contributed by atoms with E-state index in [1.54, 1.807) is 0 Å². The van der Waals surface area contributed by atoms with Gasteiger partial charge in [0.05, 0.1) is 18.4 Å². The molecule has 1 amide bonds. The Balaban J connectivity index is 3.12. The van der Waals surface area contributed by atoms with Crippen molar-refractivity contribution < 1.29 is 32.2 Å². The standard InChI is InChI=1S/C10H8F3NO4/c1-17-9(16)7-4-6(18-10(11,12)13)2-3-8(7)14-5-15/h2-5H,1H3,(H,14,15). The van der Waals surface area contributed by atoms with Crippen molar-refractivity contribution in [2.24, 2.45) is 0 Å². The third-order valence-electron chi connectivity index (χ3n) is 1.84. The average Bonchev–Trinajstić information content (AvgIpc) is 2.28. The molecule has 0 bridgehead atoms. The zero-order valence-electron chi connectivity index (χ0n) is 9.08. The van der Waals surface area contributed by atoms with Gasteiger partial charge in [-0.15, -0.1) is 13.2 Å². The predicted molar refractivity (Wildman–Crippen MR) is 54.2 cm³/mol. The first kappa shape index (κ1) is 13.8. The monoisotopic (exact) mass is 263 g/mol. The Hall–Kier alpha value is -2.25. The van der Waals surface area contributed by atoms with Crippen LogP contribution in [-0.2, 0) is 9.53 Å². The van der Waals surface area contributed by atoms with Crippen LogP contribution in [0.15, 0.2) is 18.2 Å². The Morgan fingerprint density at radius 3 is 2.56 bits per heavy atom. The SMILES string of the molecule is COC(=O)c1cc(OC(F)(F)F)ccc1NC=O. The van der Waals surface area contributed by atoms with Gasteiger partial charge >= 0.3 is 12.3 Å². The highest BCUT2D eigenvalue weighted by molar-refractivity contribution is 5.98. The number of ether oxygens (including phenoxy) is 2. The number of hydrogen-bond donors (Lipinski definition) is 1. The summed E-state index contributed by atoms with van der Waals surface area (Å²) in [5.41, 5.74) is -0.224. The van der Waals surface area contributed by atoms with Gasteiger partial charge in [-0.3, -0.25) is 4.79 Å². The fourth-order valence-corrected chi connectivity index (χ4v) is 1.19. The van der Waals surface area contributed by atoms with E-state index in [9.17, 15) is 22.8 Å². The third kappa shape index (κ3) is 3.65. The van der Waals surface area contributed by atoms with Gasteiger partial charge < -0.3 is 14.8 Å². The number of carbonyl (C=O) groups excluding carboxylic acids is 2. The summed E-state index contributed by atoms with van der Waals surface area (Å²) in [4.78, 5) is 21.6. The molecule has 1 aromatic carbocycles. The van der Waals surface area contributed by atoms with Crippen molar-refractivity contribution in [2.45, 2.75) is 6.36 Å². The Kier molecular flexibility index (Phi) is 4.13. The van der Waals surface area contributed by atoms with Gasteiger partial charge in [-0.25, -0.2) is 4.79 Å². The highest BCUT2D eigenvalue weighted by Gasteiger charge is 2.31. The minimum absolute atomic E-state index is 0.0198. The van der Waals surface area contributed by atoms with E-state index in [0.29, 0.717) is 0 Å². The largest absolute Gasteiger partial charge is 0.573 e. The number of rotatable bonds is 4. The molecule has 0 heterocycles. The molecule has 0 aliphatic rings. The van der Waals surface area contributed by atoms with E-state index in [-0.39, 0.29) is 17.7 Å². The average molecular weight is 263 g/mol. The molecule has 0 aromatic heterocycles. The number of methoxy groups -OCH3 is 1. The van der Waals surface area contributed by atoms with Gasteiger partial charge in [0.2, 0.25) is 6.41 Å². The summed E-state index contributed by atoms with van der Waals surface area (Å²) in [6, 6.07) is 2.89. The second-order valence-electron chi connectivity index (χ2n) is 3.01. The maximum atomic E-state index is 12.0. The highest BCUT2D eigenvalue weighted by Crippen LogP contribution is 2.27. The van der Waals surface area contributed by atoms with E-state index in [2.05, 4.69) is 14.8 Å². The van der Waals surface area contributed by atoms with Crippen LogP contribution < -0.4 is 10.1 Å². The van der Waals surface area contributed by atoms with Gasteiger partial charge in [-0.2, -0.15) is 0 Å². The number of alkyl halides is 3. The number of benzene rings is 1. The topological polar surface area (TPSA) is 64.6 Å². The second-order valence-corrected chi connectivity index (χ2v) is 3.01. The van der Waals surface area contributed by atoms with E-state index < -0.39 is 18.1 Å². The number of halogens is 3. The number of esters is 1. The van der Waals surface area contributed by atoms with Crippen molar-refractivity contribution in [3.05, 3.63) is 23.8 Å². The fraction of sp³-hybridized carbons (Fsp3) is 0.200. The van der Waals surface area contributed by atoms with Crippen LogP contribution >= 0.6 is 0 Å². The molecule has 98 valence electrons. The molecule has 0 spiro atoms. The summed E-state index contributed by atoms with van der Waals surface area (Å²) < 4.78 is 44.0. The van der Waals surface area contributed by atoms with Gasteiger partial charge in [0, 0.05) is 0 Å². The first-order valence-corrected chi connectivity index (χ1v) is 4.55. The van der Waals surface area contributed by atoms with Crippen molar-refractivity contribution in [2.75, 3.05) is 12.4 Å². The van der Waals surface area contributed by atoms with Gasteiger partial charge in [-0.1, -0.05) is 0 Å². The first-order chi connectivity index (χ1) is 8.37. The Morgan fingerprint density at radius 1 is 1.39 bits per heavy atom. The molecule has 0 unspecified atom stereocenters. The molecular formula is C10H8F3NO4. The van der Waals surface area contributed by atoms with Crippen molar-refractivity contribution >= 4 is 18.1 Å². The molecule has 1 N–H and O–H groups in total. The number of nitrogens with one attached hydrogen (secondary N) is 1. The molecule has 0 fully saturated rings. The molecule has 0 aliphatic carbocycles. The van der Waals surface area contributed by atoms with Crippen LogP contribution in [0.3, 0.4) is 0 Å². The van der Waals surface area contributed by atoms with Gasteiger partial charge in [0.1, 0.15) is 5.75 Å². The van der Waals surface area contributed by atoms with Gasteiger partial charge in [-0.05, 0) is 18.2 Å². The minimum atomic E-state index is -4.87. The maximum Gasteiger partial charge on any atom is 0.573 e. The van der Waals surface area contributed by atoms with Crippen LogP contribution in [0, 0.1) is 0 Å². The van der Waals surface area contributed by atoms with E-state index in [1.165, 1.54) is 0 Å². The van der Waals surface area contributed by atoms with Crippen LogP contribution in [-0.4, -0.2) is 25.9 Å². The van der Waals surface area contributed by atoms with Crippen LogP contribution in [0.1, 0.15) is 10.4 Å². The summed E-state index contributed by atoms with van der Waals surface area (Å²) in [5.74, 6) is -1.48. The maximum absolute atomic E-state index is 12.0. The lowest BCUT2D eigenvalue weighted by molar-refractivity contribution is -0.274. The zero-order chi connectivity index (χ0) is 13.8. The Bertz CT molecular complexity index is 459. The summed E-state index contributed by atoms with van der Waals surface area (Å²) in [6.07, 6.45) is -4.58. The molecule has 0 saturated heterocycles. The molecule has 8 heteroatoms.